The Labute approximate surface area is 118 Å². The van der Waals surface area contributed by atoms with Gasteiger partial charge in [0.05, 0.1) is 12.7 Å². The Bertz CT molecular complexity index is 597. The number of hydrogen-bond donors (Lipinski definition) is 0. The van der Waals surface area contributed by atoms with Crippen LogP contribution in [0.1, 0.15) is 20.8 Å². The summed E-state index contributed by atoms with van der Waals surface area (Å²) >= 11 is 0. The first-order valence-electron chi connectivity index (χ1n) is 6.33. The molecule has 0 aliphatic carbocycles. The van der Waals surface area contributed by atoms with E-state index in [9.17, 15) is 4.79 Å². The predicted octanol–water partition coefficient (Wildman–Crippen LogP) is 3.34. The van der Waals surface area contributed by atoms with Crippen LogP contribution in [0.3, 0.4) is 0 Å². The fraction of sp³-hybridized carbons (Fsp3) is 0.333. The van der Waals surface area contributed by atoms with E-state index in [0.29, 0.717) is 5.88 Å². The second kappa shape index (κ2) is 5.36. The number of benzene rings is 1. The molecule has 0 amide bonds. The Morgan fingerprint density at radius 3 is 2.40 bits per heavy atom. The molecule has 0 aliphatic heterocycles. The Kier molecular flexibility index (Phi) is 3.79. The van der Waals surface area contributed by atoms with E-state index in [4.69, 9.17) is 9.47 Å². The first-order valence-corrected chi connectivity index (χ1v) is 6.33. The van der Waals surface area contributed by atoms with Crippen LogP contribution in [-0.4, -0.2) is 28.6 Å². The fourth-order valence-corrected chi connectivity index (χ4v) is 1.73. The minimum absolute atomic E-state index is 0.391. The third-order valence-corrected chi connectivity index (χ3v) is 2.54. The van der Waals surface area contributed by atoms with E-state index in [1.54, 1.807) is 6.20 Å². The summed E-state index contributed by atoms with van der Waals surface area (Å²) in [5, 5.41) is 4.11. The van der Waals surface area contributed by atoms with Gasteiger partial charge in [-0.05, 0) is 26.3 Å². The lowest BCUT2D eigenvalue weighted by Crippen LogP contribution is -2.27. The topological polar surface area (TPSA) is 53.4 Å². The van der Waals surface area contributed by atoms with Crippen LogP contribution < -0.4 is 4.74 Å². The van der Waals surface area contributed by atoms with Gasteiger partial charge < -0.3 is 9.47 Å². The van der Waals surface area contributed by atoms with Gasteiger partial charge in [0.25, 0.3) is 0 Å². The van der Waals surface area contributed by atoms with E-state index >= 15 is 0 Å². The van der Waals surface area contributed by atoms with Gasteiger partial charge in [0.2, 0.25) is 5.88 Å². The van der Waals surface area contributed by atoms with Crippen molar-refractivity contribution in [1.29, 1.82) is 0 Å². The maximum absolute atomic E-state index is 12.0. The minimum Gasteiger partial charge on any atom is -0.479 e. The number of rotatable bonds is 2. The number of carbonyl (C=O) groups is 1. The van der Waals surface area contributed by atoms with Crippen LogP contribution in [0.25, 0.3) is 11.1 Å². The summed E-state index contributed by atoms with van der Waals surface area (Å²) in [6, 6.07) is 9.62. The van der Waals surface area contributed by atoms with Gasteiger partial charge in [-0.25, -0.2) is 4.79 Å². The van der Waals surface area contributed by atoms with Gasteiger partial charge in [-0.15, -0.1) is 5.10 Å². The summed E-state index contributed by atoms with van der Waals surface area (Å²) < 4.78 is 11.7. The average molecular weight is 274 g/mol. The molecule has 5 heteroatoms. The Morgan fingerprint density at radius 1 is 1.20 bits per heavy atom. The van der Waals surface area contributed by atoms with Crippen molar-refractivity contribution in [2.45, 2.75) is 26.4 Å². The summed E-state index contributed by atoms with van der Waals surface area (Å²) in [4.78, 5) is 12.0. The summed E-state index contributed by atoms with van der Waals surface area (Å²) in [5.41, 5.74) is 1.11. The average Bonchev–Trinajstić information content (AvgIpc) is 2.82. The van der Waals surface area contributed by atoms with E-state index in [1.807, 2.05) is 51.1 Å². The molecule has 1 aromatic carbocycles. The smallest absolute Gasteiger partial charge is 0.435 e. The highest BCUT2D eigenvalue weighted by atomic mass is 16.6. The lowest BCUT2D eigenvalue weighted by molar-refractivity contribution is 0.0512. The first kappa shape index (κ1) is 14.1. The van der Waals surface area contributed by atoms with Gasteiger partial charge in [-0.1, -0.05) is 30.3 Å². The molecule has 0 bridgehead atoms. The van der Waals surface area contributed by atoms with Gasteiger partial charge in [0.1, 0.15) is 5.60 Å². The van der Waals surface area contributed by atoms with Gasteiger partial charge in [-0.3, -0.25) is 0 Å². The molecule has 0 saturated heterocycles. The van der Waals surface area contributed by atoms with Crippen LogP contribution in [0.5, 0.6) is 5.88 Å². The van der Waals surface area contributed by atoms with Gasteiger partial charge in [-0.2, -0.15) is 4.68 Å². The highest BCUT2D eigenvalue weighted by Gasteiger charge is 2.21. The van der Waals surface area contributed by atoms with Crippen LogP contribution in [0, 0.1) is 0 Å². The molecule has 1 heterocycles. The van der Waals surface area contributed by atoms with Crippen molar-refractivity contribution in [2.24, 2.45) is 0 Å². The summed E-state index contributed by atoms with van der Waals surface area (Å²) in [6.07, 6.45) is 1.08. The molecule has 0 radical (unpaired) electrons. The van der Waals surface area contributed by atoms with E-state index in [-0.39, 0.29) is 0 Å². The molecular formula is C15H18N2O3. The standard InChI is InChI=1S/C15H18N2O3/c1-15(2,3)20-14(18)17-10-12(13(16-17)19-4)11-8-6-5-7-9-11/h5-10H,1-4H3. The van der Waals surface area contributed by atoms with E-state index in [1.165, 1.54) is 7.11 Å². The molecule has 5 nitrogen and oxygen atoms in total. The first-order chi connectivity index (χ1) is 9.40. The molecule has 20 heavy (non-hydrogen) atoms. The number of aromatic nitrogens is 2. The Balaban J connectivity index is 2.35. The SMILES string of the molecule is COc1nn(C(=O)OC(C)(C)C)cc1-c1ccccc1. The lowest BCUT2D eigenvalue weighted by Gasteiger charge is -2.18. The number of ether oxygens (including phenoxy) is 2. The van der Waals surface area contributed by atoms with Crippen LogP contribution in [0.4, 0.5) is 4.79 Å². The van der Waals surface area contributed by atoms with Crippen molar-refractivity contribution >= 4 is 6.09 Å². The zero-order chi connectivity index (χ0) is 14.8. The third-order valence-electron chi connectivity index (χ3n) is 2.54. The Hall–Kier alpha value is -2.30. The number of nitrogens with zero attached hydrogens (tertiary/aromatic N) is 2. The van der Waals surface area contributed by atoms with E-state index < -0.39 is 11.7 Å². The lowest BCUT2D eigenvalue weighted by atomic mass is 10.1. The van der Waals surface area contributed by atoms with Gasteiger partial charge in [0, 0.05) is 6.20 Å². The summed E-state index contributed by atoms with van der Waals surface area (Å²) in [5.74, 6) is 0.391. The molecule has 0 fully saturated rings. The van der Waals surface area contributed by atoms with Crippen molar-refractivity contribution in [3.05, 3.63) is 36.5 Å². The second-order valence-electron chi connectivity index (χ2n) is 5.34. The van der Waals surface area contributed by atoms with Crippen LogP contribution >= 0.6 is 0 Å². The molecule has 0 N–H and O–H groups in total. The van der Waals surface area contributed by atoms with Crippen molar-refractivity contribution in [1.82, 2.24) is 9.78 Å². The largest absolute Gasteiger partial charge is 0.479 e. The second-order valence-corrected chi connectivity index (χ2v) is 5.34. The highest BCUT2D eigenvalue weighted by Crippen LogP contribution is 2.28. The molecule has 0 aliphatic rings. The minimum atomic E-state index is -0.566. The summed E-state index contributed by atoms with van der Waals surface area (Å²) in [6.45, 7) is 5.43. The zero-order valence-electron chi connectivity index (χ0n) is 12.1. The van der Waals surface area contributed by atoms with Crippen LogP contribution in [0.2, 0.25) is 0 Å². The van der Waals surface area contributed by atoms with Crippen molar-refractivity contribution in [2.75, 3.05) is 7.11 Å². The third kappa shape index (κ3) is 3.17. The van der Waals surface area contributed by atoms with E-state index in [2.05, 4.69) is 5.10 Å². The molecule has 0 saturated carbocycles. The quantitative estimate of drug-likeness (QED) is 0.842. The highest BCUT2D eigenvalue weighted by molar-refractivity contribution is 5.75. The van der Waals surface area contributed by atoms with Crippen molar-refractivity contribution < 1.29 is 14.3 Å². The Morgan fingerprint density at radius 2 is 1.85 bits per heavy atom. The monoisotopic (exact) mass is 274 g/mol. The molecule has 0 unspecified atom stereocenters. The van der Waals surface area contributed by atoms with Gasteiger partial charge >= 0.3 is 6.09 Å². The predicted molar refractivity (Wildman–Crippen MR) is 75.8 cm³/mol. The number of carbonyl (C=O) groups excluding carboxylic acids is 1. The van der Waals surface area contributed by atoms with E-state index in [0.717, 1.165) is 15.8 Å². The molecule has 2 aromatic rings. The number of methoxy groups -OCH3 is 1. The molecule has 106 valence electrons. The summed E-state index contributed by atoms with van der Waals surface area (Å²) in [7, 11) is 1.52. The maximum atomic E-state index is 12.0. The van der Waals surface area contributed by atoms with Crippen LogP contribution in [0.15, 0.2) is 36.5 Å². The zero-order valence-corrected chi connectivity index (χ0v) is 12.1. The van der Waals surface area contributed by atoms with Crippen molar-refractivity contribution in [3.8, 4) is 17.0 Å². The molecule has 0 spiro atoms. The molecule has 2 rings (SSSR count). The fourth-order valence-electron chi connectivity index (χ4n) is 1.73. The molecular weight excluding hydrogens is 256 g/mol. The number of hydrogen-bond acceptors (Lipinski definition) is 4. The van der Waals surface area contributed by atoms with Crippen molar-refractivity contribution in [3.63, 3.8) is 0 Å². The molecule has 0 atom stereocenters. The molecule has 1 aromatic heterocycles. The maximum Gasteiger partial charge on any atom is 0.435 e. The van der Waals surface area contributed by atoms with Gasteiger partial charge in [0.15, 0.2) is 0 Å². The normalized spacial score (nSPS) is 11.2. The van der Waals surface area contributed by atoms with Crippen LogP contribution in [-0.2, 0) is 4.74 Å².